The highest BCUT2D eigenvalue weighted by atomic mass is 19.1. The largest absolute Gasteiger partial charge is 0.490 e. The second-order valence-electron chi connectivity index (χ2n) is 6.49. The predicted molar refractivity (Wildman–Crippen MR) is 88.8 cm³/mol. The van der Waals surface area contributed by atoms with Crippen molar-refractivity contribution in [1.82, 2.24) is 9.80 Å². The van der Waals surface area contributed by atoms with Gasteiger partial charge in [-0.15, -0.1) is 0 Å². The molecule has 0 N–H and O–H groups in total. The van der Waals surface area contributed by atoms with Crippen LogP contribution in [0.5, 0.6) is 5.75 Å². The molecule has 0 saturated carbocycles. The number of carbonyl (C=O) groups is 2. The Morgan fingerprint density at radius 1 is 1.32 bits per heavy atom. The van der Waals surface area contributed by atoms with Gasteiger partial charge in [0.1, 0.15) is 6.10 Å². The molecule has 0 aromatic heterocycles. The van der Waals surface area contributed by atoms with E-state index in [4.69, 9.17) is 9.47 Å². The summed E-state index contributed by atoms with van der Waals surface area (Å²) >= 11 is 0. The van der Waals surface area contributed by atoms with Gasteiger partial charge in [-0.25, -0.2) is 9.18 Å². The van der Waals surface area contributed by atoms with Gasteiger partial charge in [0, 0.05) is 19.1 Å². The van der Waals surface area contributed by atoms with Crippen LogP contribution in [0.25, 0.3) is 0 Å². The molecule has 136 valence electrons. The lowest BCUT2D eigenvalue weighted by molar-refractivity contribution is -0.133. The number of likely N-dealkylation sites (tertiary alicyclic amines) is 1. The van der Waals surface area contributed by atoms with E-state index in [2.05, 4.69) is 0 Å². The Bertz CT molecular complexity index is 631. The van der Waals surface area contributed by atoms with Gasteiger partial charge >= 0.3 is 6.09 Å². The molecule has 0 bridgehead atoms. The van der Waals surface area contributed by atoms with E-state index in [9.17, 15) is 14.0 Å². The summed E-state index contributed by atoms with van der Waals surface area (Å²) in [6, 6.07) is 6.29. The van der Waals surface area contributed by atoms with Crippen molar-refractivity contribution in [3.63, 3.8) is 0 Å². The van der Waals surface area contributed by atoms with Crippen molar-refractivity contribution in [3.05, 3.63) is 30.1 Å². The first-order valence-electron chi connectivity index (χ1n) is 8.67. The Morgan fingerprint density at radius 3 is 2.68 bits per heavy atom. The zero-order valence-electron chi connectivity index (χ0n) is 14.3. The maximum Gasteiger partial charge on any atom is 0.410 e. The molecule has 2 amide bonds. The van der Waals surface area contributed by atoms with Crippen molar-refractivity contribution in [1.29, 1.82) is 0 Å². The Labute approximate surface area is 146 Å². The van der Waals surface area contributed by atoms with Crippen LogP contribution in [-0.4, -0.2) is 60.2 Å². The quantitative estimate of drug-likeness (QED) is 0.818. The molecule has 2 heterocycles. The third-order valence-corrected chi connectivity index (χ3v) is 4.66. The number of hydrogen-bond donors (Lipinski definition) is 0. The molecule has 7 heteroatoms. The lowest BCUT2D eigenvalue weighted by Crippen LogP contribution is -2.47. The summed E-state index contributed by atoms with van der Waals surface area (Å²) in [4.78, 5) is 27.6. The minimum Gasteiger partial charge on any atom is -0.490 e. The van der Waals surface area contributed by atoms with E-state index in [-0.39, 0.29) is 42.9 Å². The molecule has 1 aromatic carbocycles. The zero-order valence-corrected chi connectivity index (χ0v) is 14.3. The van der Waals surface area contributed by atoms with Crippen LogP contribution in [0, 0.1) is 5.82 Å². The maximum absolute atomic E-state index is 13.5. The first kappa shape index (κ1) is 17.5. The van der Waals surface area contributed by atoms with Crippen molar-refractivity contribution < 1.29 is 23.5 Å². The van der Waals surface area contributed by atoms with E-state index in [1.165, 1.54) is 6.07 Å². The lowest BCUT2D eigenvalue weighted by atomic mass is 10.0. The molecule has 1 atom stereocenters. The van der Waals surface area contributed by atoms with E-state index < -0.39 is 5.82 Å². The van der Waals surface area contributed by atoms with E-state index in [1.54, 1.807) is 28.0 Å². The Hall–Kier alpha value is -2.31. The van der Waals surface area contributed by atoms with Crippen molar-refractivity contribution in [2.24, 2.45) is 0 Å². The average molecular weight is 350 g/mol. The number of piperidine rings is 1. The van der Waals surface area contributed by atoms with Crippen LogP contribution < -0.4 is 4.74 Å². The third-order valence-electron chi connectivity index (χ3n) is 4.66. The van der Waals surface area contributed by atoms with Crippen molar-refractivity contribution in [2.45, 2.75) is 38.3 Å². The molecule has 0 radical (unpaired) electrons. The SMILES string of the molecule is CC1CN(C2CCN(C(=O)CCOc3ccccc3F)CC2)C(=O)O1. The molecular formula is C18H23FN2O4. The number of ether oxygens (including phenoxy) is 2. The Kier molecular flexibility index (Phi) is 5.40. The van der Waals surface area contributed by atoms with Gasteiger partial charge in [0.2, 0.25) is 5.91 Å². The number of amides is 2. The number of para-hydroxylation sites is 1. The summed E-state index contributed by atoms with van der Waals surface area (Å²) in [5, 5.41) is 0. The van der Waals surface area contributed by atoms with Crippen LogP contribution in [0.4, 0.5) is 9.18 Å². The number of halogens is 1. The summed E-state index contributed by atoms with van der Waals surface area (Å²) in [7, 11) is 0. The summed E-state index contributed by atoms with van der Waals surface area (Å²) in [5.74, 6) is -0.273. The van der Waals surface area contributed by atoms with Crippen LogP contribution >= 0.6 is 0 Å². The number of rotatable bonds is 5. The topological polar surface area (TPSA) is 59.1 Å². The number of cyclic esters (lactones) is 1. The Balaban J connectivity index is 1.41. The highest BCUT2D eigenvalue weighted by molar-refractivity contribution is 5.76. The molecule has 2 aliphatic heterocycles. The fourth-order valence-corrected chi connectivity index (χ4v) is 3.32. The molecule has 2 saturated heterocycles. The monoisotopic (exact) mass is 350 g/mol. The normalized spacial score (nSPS) is 21.4. The van der Waals surface area contributed by atoms with Gasteiger partial charge in [0.25, 0.3) is 0 Å². The zero-order chi connectivity index (χ0) is 17.8. The van der Waals surface area contributed by atoms with Gasteiger partial charge in [0.05, 0.1) is 19.6 Å². The van der Waals surface area contributed by atoms with E-state index in [0.29, 0.717) is 19.6 Å². The van der Waals surface area contributed by atoms with Gasteiger partial charge in [-0.2, -0.15) is 0 Å². The number of hydrogen-bond acceptors (Lipinski definition) is 4. The molecule has 6 nitrogen and oxygen atoms in total. The number of carbonyl (C=O) groups excluding carboxylic acids is 2. The van der Waals surface area contributed by atoms with Gasteiger partial charge in [-0.1, -0.05) is 12.1 Å². The number of benzene rings is 1. The fourth-order valence-electron chi connectivity index (χ4n) is 3.32. The third kappa shape index (κ3) is 4.21. The van der Waals surface area contributed by atoms with Crippen molar-refractivity contribution in [2.75, 3.05) is 26.2 Å². The van der Waals surface area contributed by atoms with Crippen LogP contribution in [-0.2, 0) is 9.53 Å². The lowest BCUT2D eigenvalue weighted by Gasteiger charge is -2.35. The molecule has 1 unspecified atom stereocenters. The molecule has 0 spiro atoms. The van der Waals surface area contributed by atoms with Gasteiger partial charge in [0.15, 0.2) is 11.6 Å². The minimum atomic E-state index is -0.428. The van der Waals surface area contributed by atoms with Gasteiger partial charge in [-0.3, -0.25) is 4.79 Å². The number of nitrogens with zero attached hydrogens (tertiary/aromatic N) is 2. The molecular weight excluding hydrogens is 327 g/mol. The van der Waals surface area contributed by atoms with Gasteiger partial charge < -0.3 is 19.3 Å². The van der Waals surface area contributed by atoms with Crippen LogP contribution in [0.2, 0.25) is 0 Å². The highest BCUT2D eigenvalue weighted by Gasteiger charge is 2.36. The second-order valence-corrected chi connectivity index (χ2v) is 6.49. The summed E-state index contributed by atoms with van der Waals surface area (Å²) in [5.41, 5.74) is 0. The smallest absolute Gasteiger partial charge is 0.410 e. The first-order chi connectivity index (χ1) is 12.0. The standard InChI is InChI=1S/C18H23FN2O4/c1-13-12-21(18(23)25-13)14-6-9-20(10-7-14)17(22)8-11-24-16-5-3-2-4-15(16)19/h2-5,13-14H,6-12H2,1H3. The highest BCUT2D eigenvalue weighted by Crippen LogP contribution is 2.23. The average Bonchev–Trinajstić information content (AvgIpc) is 2.95. The maximum atomic E-state index is 13.5. The summed E-state index contributed by atoms with van der Waals surface area (Å²) in [6.45, 7) is 3.87. The summed E-state index contributed by atoms with van der Waals surface area (Å²) < 4.78 is 24.0. The van der Waals surface area contributed by atoms with Crippen LogP contribution in [0.3, 0.4) is 0 Å². The van der Waals surface area contributed by atoms with E-state index in [1.807, 2.05) is 6.92 Å². The molecule has 3 rings (SSSR count). The summed E-state index contributed by atoms with van der Waals surface area (Å²) in [6.07, 6.45) is 1.39. The molecule has 0 aliphatic carbocycles. The van der Waals surface area contributed by atoms with Crippen molar-refractivity contribution >= 4 is 12.0 Å². The van der Waals surface area contributed by atoms with E-state index >= 15 is 0 Å². The Morgan fingerprint density at radius 2 is 2.04 bits per heavy atom. The molecule has 1 aromatic rings. The predicted octanol–water partition coefficient (Wildman–Crippen LogP) is 2.43. The fraction of sp³-hybridized carbons (Fsp3) is 0.556. The molecule has 2 aliphatic rings. The molecule has 25 heavy (non-hydrogen) atoms. The first-order valence-corrected chi connectivity index (χ1v) is 8.67. The van der Waals surface area contributed by atoms with Crippen LogP contribution in [0.15, 0.2) is 24.3 Å². The van der Waals surface area contributed by atoms with Gasteiger partial charge in [-0.05, 0) is 31.9 Å². The second kappa shape index (κ2) is 7.72. The van der Waals surface area contributed by atoms with Crippen molar-refractivity contribution in [3.8, 4) is 5.75 Å². The van der Waals surface area contributed by atoms with E-state index in [0.717, 1.165) is 12.8 Å². The molecule has 2 fully saturated rings. The van der Waals surface area contributed by atoms with Crippen LogP contribution in [0.1, 0.15) is 26.2 Å². The minimum absolute atomic E-state index is 0.00726.